The van der Waals surface area contributed by atoms with E-state index in [0.717, 1.165) is 44.1 Å². The van der Waals surface area contributed by atoms with E-state index in [2.05, 4.69) is 10.2 Å². The number of hydrogen-bond donors (Lipinski definition) is 2. The maximum absolute atomic E-state index is 11.7. The standard InChI is InChI=1S/C14H21N3O2/c15-13-3-1-2-12(10-13)11-16-14(18)4-5-17-6-8-19-9-7-17/h1-3,10H,4-9,11,15H2,(H,16,18). The Hall–Kier alpha value is -1.59. The predicted octanol–water partition coefficient (Wildman–Crippen LogP) is 0.607. The van der Waals surface area contributed by atoms with E-state index in [-0.39, 0.29) is 5.91 Å². The van der Waals surface area contributed by atoms with Crippen LogP contribution in [0.3, 0.4) is 0 Å². The van der Waals surface area contributed by atoms with Gasteiger partial charge in [-0.1, -0.05) is 12.1 Å². The number of nitrogens with two attached hydrogens (primary N) is 1. The molecule has 1 aromatic rings. The molecule has 1 aliphatic heterocycles. The van der Waals surface area contributed by atoms with Crippen LogP contribution in [0.5, 0.6) is 0 Å². The summed E-state index contributed by atoms with van der Waals surface area (Å²) in [6.45, 7) is 4.71. The van der Waals surface area contributed by atoms with E-state index in [1.54, 1.807) is 0 Å². The summed E-state index contributed by atoms with van der Waals surface area (Å²) in [6, 6.07) is 7.56. The van der Waals surface area contributed by atoms with Gasteiger partial charge in [0.25, 0.3) is 0 Å². The normalized spacial score (nSPS) is 16.2. The van der Waals surface area contributed by atoms with Crippen LogP contribution < -0.4 is 11.1 Å². The Bertz CT molecular complexity index is 417. The van der Waals surface area contributed by atoms with Gasteiger partial charge in [0, 0.05) is 38.3 Å². The fourth-order valence-corrected chi connectivity index (χ4v) is 2.08. The molecule has 19 heavy (non-hydrogen) atoms. The van der Waals surface area contributed by atoms with Gasteiger partial charge in [0.2, 0.25) is 5.91 Å². The number of rotatable bonds is 5. The minimum absolute atomic E-state index is 0.0777. The lowest BCUT2D eigenvalue weighted by Gasteiger charge is -2.26. The lowest BCUT2D eigenvalue weighted by molar-refractivity contribution is -0.121. The minimum Gasteiger partial charge on any atom is -0.399 e. The highest BCUT2D eigenvalue weighted by Crippen LogP contribution is 2.06. The Morgan fingerprint density at radius 1 is 1.37 bits per heavy atom. The molecule has 1 saturated heterocycles. The highest BCUT2D eigenvalue weighted by molar-refractivity contribution is 5.76. The van der Waals surface area contributed by atoms with Gasteiger partial charge in [0.1, 0.15) is 0 Å². The van der Waals surface area contributed by atoms with Gasteiger partial charge in [-0.3, -0.25) is 9.69 Å². The van der Waals surface area contributed by atoms with Crippen molar-refractivity contribution in [3.8, 4) is 0 Å². The van der Waals surface area contributed by atoms with Crippen LogP contribution in [0.4, 0.5) is 5.69 Å². The van der Waals surface area contributed by atoms with Gasteiger partial charge in [0.05, 0.1) is 13.2 Å². The van der Waals surface area contributed by atoms with Gasteiger partial charge >= 0.3 is 0 Å². The van der Waals surface area contributed by atoms with E-state index < -0.39 is 0 Å². The largest absolute Gasteiger partial charge is 0.399 e. The van der Waals surface area contributed by atoms with Crippen LogP contribution in [0.15, 0.2) is 24.3 Å². The van der Waals surface area contributed by atoms with Crippen molar-refractivity contribution in [1.29, 1.82) is 0 Å². The molecule has 0 bridgehead atoms. The smallest absolute Gasteiger partial charge is 0.221 e. The number of amides is 1. The van der Waals surface area contributed by atoms with Crippen LogP contribution in [-0.2, 0) is 16.1 Å². The number of nitrogens with zero attached hydrogens (tertiary/aromatic N) is 1. The van der Waals surface area contributed by atoms with Gasteiger partial charge in [-0.25, -0.2) is 0 Å². The summed E-state index contributed by atoms with van der Waals surface area (Å²) >= 11 is 0. The number of anilines is 1. The zero-order chi connectivity index (χ0) is 13.5. The van der Waals surface area contributed by atoms with Gasteiger partial charge < -0.3 is 15.8 Å². The van der Waals surface area contributed by atoms with E-state index in [4.69, 9.17) is 10.5 Å². The molecule has 5 heteroatoms. The third-order valence-electron chi connectivity index (χ3n) is 3.20. The van der Waals surface area contributed by atoms with Crippen LogP contribution in [0.2, 0.25) is 0 Å². The Kier molecular flexibility index (Phi) is 5.18. The molecule has 3 N–H and O–H groups in total. The topological polar surface area (TPSA) is 67.6 Å². The average Bonchev–Trinajstić information content (AvgIpc) is 2.44. The number of ether oxygens (including phenoxy) is 1. The molecule has 0 saturated carbocycles. The molecule has 5 nitrogen and oxygen atoms in total. The van der Waals surface area contributed by atoms with Crippen molar-refractivity contribution in [2.45, 2.75) is 13.0 Å². The minimum atomic E-state index is 0.0777. The molecular formula is C14H21N3O2. The van der Waals surface area contributed by atoms with Crippen LogP contribution in [0.1, 0.15) is 12.0 Å². The van der Waals surface area contributed by atoms with E-state index >= 15 is 0 Å². The molecule has 2 rings (SSSR count). The second kappa shape index (κ2) is 7.11. The first-order valence-electron chi connectivity index (χ1n) is 6.65. The van der Waals surface area contributed by atoms with Gasteiger partial charge in [-0.05, 0) is 17.7 Å². The molecule has 0 unspecified atom stereocenters. The number of carbonyl (C=O) groups is 1. The number of carbonyl (C=O) groups excluding carboxylic acids is 1. The van der Waals surface area contributed by atoms with Crippen molar-refractivity contribution in [3.05, 3.63) is 29.8 Å². The van der Waals surface area contributed by atoms with E-state index in [9.17, 15) is 4.79 Å². The van der Waals surface area contributed by atoms with Crippen LogP contribution in [0, 0.1) is 0 Å². The van der Waals surface area contributed by atoms with E-state index in [1.165, 1.54) is 0 Å². The van der Waals surface area contributed by atoms with Gasteiger partial charge in [-0.15, -0.1) is 0 Å². The van der Waals surface area contributed by atoms with E-state index in [0.29, 0.717) is 13.0 Å². The maximum atomic E-state index is 11.7. The molecule has 104 valence electrons. The summed E-state index contributed by atoms with van der Waals surface area (Å²) in [5.74, 6) is 0.0777. The second-order valence-corrected chi connectivity index (χ2v) is 4.73. The molecular weight excluding hydrogens is 242 g/mol. The predicted molar refractivity (Wildman–Crippen MR) is 74.6 cm³/mol. The first-order chi connectivity index (χ1) is 9.24. The van der Waals surface area contributed by atoms with Crippen LogP contribution >= 0.6 is 0 Å². The number of nitrogens with one attached hydrogen (secondary N) is 1. The van der Waals surface area contributed by atoms with Crippen LogP contribution in [-0.4, -0.2) is 43.7 Å². The van der Waals surface area contributed by atoms with Crippen molar-refractivity contribution in [2.24, 2.45) is 0 Å². The van der Waals surface area contributed by atoms with Crippen molar-refractivity contribution in [1.82, 2.24) is 10.2 Å². The Morgan fingerprint density at radius 2 is 2.16 bits per heavy atom. The Morgan fingerprint density at radius 3 is 2.89 bits per heavy atom. The van der Waals surface area contributed by atoms with Crippen molar-refractivity contribution >= 4 is 11.6 Å². The Labute approximate surface area is 113 Å². The number of nitrogen functional groups attached to an aromatic ring is 1. The lowest BCUT2D eigenvalue weighted by atomic mass is 10.2. The molecule has 0 spiro atoms. The quantitative estimate of drug-likeness (QED) is 0.764. The monoisotopic (exact) mass is 263 g/mol. The zero-order valence-corrected chi connectivity index (χ0v) is 11.1. The third-order valence-corrected chi connectivity index (χ3v) is 3.20. The summed E-state index contributed by atoms with van der Waals surface area (Å²) in [6.07, 6.45) is 0.530. The average molecular weight is 263 g/mol. The van der Waals surface area contributed by atoms with E-state index in [1.807, 2.05) is 24.3 Å². The number of hydrogen-bond acceptors (Lipinski definition) is 4. The van der Waals surface area contributed by atoms with Gasteiger partial charge in [-0.2, -0.15) is 0 Å². The van der Waals surface area contributed by atoms with Gasteiger partial charge in [0.15, 0.2) is 0 Å². The number of morpholine rings is 1. The molecule has 1 heterocycles. The molecule has 1 aliphatic rings. The molecule has 1 amide bonds. The Balaban J connectivity index is 1.66. The van der Waals surface area contributed by atoms with Crippen molar-refractivity contribution < 1.29 is 9.53 Å². The molecule has 0 aliphatic carbocycles. The second-order valence-electron chi connectivity index (χ2n) is 4.73. The molecule has 1 fully saturated rings. The summed E-state index contributed by atoms with van der Waals surface area (Å²) < 4.78 is 5.27. The maximum Gasteiger partial charge on any atom is 0.221 e. The molecule has 0 radical (unpaired) electrons. The fraction of sp³-hybridized carbons (Fsp3) is 0.500. The molecule has 0 aromatic heterocycles. The van der Waals surface area contributed by atoms with Crippen molar-refractivity contribution in [2.75, 3.05) is 38.6 Å². The zero-order valence-electron chi connectivity index (χ0n) is 11.1. The summed E-state index contributed by atoms with van der Waals surface area (Å²) in [5.41, 5.74) is 7.44. The lowest BCUT2D eigenvalue weighted by Crippen LogP contribution is -2.38. The third kappa shape index (κ3) is 4.89. The first kappa shape index (κ1) is 13.8. The fourth-order valence-electron chi connectivity index (χ4n) is 2.08. The SMILES string of the molecule is Nc1cccc(CNC(=O)CCN2CCOCC2)c1. The summed E-state index contributed by atoms with van der Waals surface area (Å²) in [4.78, 5) is 14.0. The summed E-state index contributed by atoms with van der Waals surface area (Å²) in [7, 11) is 0. The number of benzene rings is 1. The molecule has 0 atom stereocenters. The van der Waals surface area contributed by atoms with Crippen molar-refractivity contribution in [3.63, 3.8) is 0 Å². The van der Waals surface area contributed by atoms with Crippen LogP contribution in [0.25, 0.3) is 0 Å². The highest BCUT2D eigenvalue weighted by Gasteiger charge is 2.11. The first-order valence-corrected chi connectivity index (χ1v) is 6.65. The summed E-state index contributed by atoms with van der Waals surface area (Å²) in [5, 5.41) is 2.91. The highest BCUT2D eigenvalue weighted by atomic mass is 16.5. The molecule has 1 aromatic carbocycles.